The summed E-state index contributed by atoms with van der Waals surface area (Å²) >= 11 is 0. The first-order chi connectivity index (χ1) is 5.27. The normalized spacial score (nSPS) is 10.9. The summed E-state index contributed by atoms with van der Waals surface area (Å²) in [5.41, 5.74) is 0. The van der Waals surface area contributed by atoms with Crippen molar-refractivity contribution in [3.05, 3.63) is 0 Å². The van der Waals surface area contributed by atoms with Crippen molar-refractivity contribution in [1.29, 1.82) is 0 Å². The molecule has 11 heavy (non-hydrogen) atoms. The Balaban J connectivity index is 2.80. The van der Waals surface area contributed by atoms with Crippen molar-refractivity contribution in [2.24, 2.45) is 0 Å². The first-order valence-corrected chi connectivity index (χ1v) is 3.71. The Hall–Kier alpha value is -0.220. The SMILES string of the molecule is CCOCCOCCC(F)F. The summed E-state index contributed by atoms with van der Waals surface area (Å²) < 4.78 is 32.8. The summed E-state index contributed by atoms with van der Waals surface area (Å²) in [6, 6.07) is 0. The lowest BCUT2D eigenvalue weighted by molar-refractivity contribution is 0.0294. The van der Waals surface area contributed by atoms with Crippen molar-refractivity contribution < 1.29 is 18.3 Å². The topological polar surface area (TPSA) is 18.5 Å². The Morgan fingerprint density at radius 3 is 2.27 bits per heavy atom. The molecule has 0 aliphatic rings. The lowest BCUT2D eigenvalue weighted by Gasteiger charge is -2.02. The third-order valence-corrected chi connectivity index (χ3v) is 1.06. The van der Waals surface area contributed by atoms with Crippen LogP contribution in [0.15, 0.2) is 0 Å². The van der Waals surface area contributed by atoms with Gasteiger partial charge in [0.1, 0.15) is 0 Å². The van der Waals surface area contributed by atoms with E-state index in [4.69, 9.17) is 9.47 Å². The Labute approximate surface area is 65.5 Å². The summed E-state index contributed by atoms with van der Waals surface area (Å²) in [5, 5.41) is 0. The Kier molecular flexibility index (Phi) is 7.72. The van der Waals surface area contributed by atoms with Crippen molar-refractivity contribution in [2.75, 3.05) is 26.4 Å². The van der Waals surface area contributed by atoms with Crippen LogP contribution in [-0.4, -0.2) is 32.9 Å². The lowest BCUT2D eigenvalue weighted by Crippen LogP contribution is -2.06. The van der Waals surface area contributed by atoms with Gasteiger partial charge in [-0.05, 0) is 6.92 Å². The maximum atomic E-state index is 11.5. The second kappa shape index (κ2) is 7.88. The molecule has 0 saturated heterocycles. The minimum Gasteiger partial charge on any atom is -0.379 e. The van der Waals surface area contributed by atoms with Gasteiger partial charge >= 0.3 is 0 Å². The van der Waals surface area contributed by atoms with E-state index < -0.39 is 6.43 Å². The molecule has 0 unspecified atom stereocenters. The molecule has 0 aromatic rings. The zero-order valence-corrected chi connectivity index (χ0v) is 6.69. The maximum absolute atomic E-state index is 11.5. The summed E-state index contributed by atoms with van der Waals surface area (Å²) in [6.45, 7) is 3.52. The second-order valence-corrected chi connectivity index (χ2v) is 1.99. The smallest absolute Gasteiger partial charge is 0.240 e. The van der Waals surface area contributed by atoms with E-state index in [9.17, 15) is 8.78 Å². The van der Waals surface area contributed by atoms with Gasteiger partial charge in [-0.15, -0.1) is 0 Å². The second-order valence-electron chi connectivity index (χ2n) is 1.99. The summed E-state index contributed by atoms with van der Waals surface area (Å²) in [5.74, 6) is 0. The minimum atomic E-state index is -2.26. The summed E-state index contributed by atoms with van der Waals surface area (Å²) in [7, 11) is 0. The van der Waals surface area contributed by atoms with Crippen LogP contribution in [-0.2, 0) is 9.47 Å². The van der Waals surface area contributed by atoms with Crippen LogP contribution >= 0.6 is 0 Å². The molecule has 0 spiro atoms. The van der Waals surface area contributed by atoms with Crippen molar-refractivity contribution in [2.45, 2.75) is 19.8 Å². The fourth-order valence-corrected chi connectivity index (χ4v) is 0.537. The van der Waals surface area contributed by atoms with E-state index in [0.29, 0.717) is 19.8 Å². The summed E-state index contributed by atoms with van der Waals surface area (Å²) in [6.07, 6.45) is -2.45. The van der Waals surface area contributed by atoms with Crippen LogP contribution in [0.2, 0.25) is 0 Å². The first kappa shape index (κ1) is 10.8. The molecule has 0 atom stereocenters. The molecule has 0 aliphatic heterocycles. The molecule has 68 valence electrons. The van der Waals surface area contributed by atoms with Gasteiger partial charge in [0.2, 0.25) is 6.43 Å². The van der Waals surface area contributed by atoms with Crippen LogP contribution in [0.25, 0.3) is 0 Å². The maximum Gasteiger partial charge on any atom is 0.240 e. The van der Waals surface area contributed by atoms with E-state index in [1.807, 2.05) is 6.92 Å². The summed E-state index contributed by atoms with van der Waals surface area (Å²) in [4.78, 5) is 0. The quantitative estimate of drug-likeness (QED) is 0.538. The van der Waals surface area contributed by atoms with Gasteiger partial charge in [0.05, 0.1) is 19.8 Å². The van der Waals surface area contributed by atoms with Crippen molar-refractivity contribution in [1.82, 2.24) is 0 Å². The molecule has 0 aromatic heterocycles. The van der Waals surface area contributed by atoms with Crippen molar-refractivity contribution in [3.63, 3.8) is 0 Å². The molecule has 0 bridgehead atoms. The van der Waals surface area contributed by atoms with Gasteiger partial charge in [-0.1, -0.05) is 0 Å². The predicted molar refractivity (Wildman–Crippen MR) is 37.9 cm³/mol. The Bertz CT molecular complexity index is 78.8. The molecule has 2 nitrogen and oxygen atoms in total. The van der Waals surface area contributed by atoms with E-state index in [1.165, 1.54) is 0 Å². The third kappa shape index (κ3) is 9.78. The van der Waals surface area contributed by atoms with Crippen LogP contribution in [0.1, 0.15) is 13.3 Å². The van der Waals surface area contributed by atoms with Gasteiger partial charge in [0.25, 0.3) is 0 Å². The van der Waals surface area contributed by atoms with Crippen LogP contribution in [0.4, 0.5) is 8.78 Å². The standard InChI is InChI=1S/C7H14F2O2/c1-2-10-5-6-11-4-3-7(8)9/h7H,2-6H2,1H3. The fourth-order valence-electron chi connectivity index (χ4n) is 0.537. The zero-order valence-electron chi connectivity index (χ0n) is 6.69. The zero-order chi connectivity index (χ0) is 8.53. The van der Waals surface area contributed by atoms with Crippen LogP contribution in [0.3, 0.4) is 0 Å². The van der Waals surface area contributed by atoms with Gasteiger partial charge in [0, 0.05) is 13.0 Å². The van der Waals surface area contributed by atoms with Gasteiger partial charge in [0.15, 0.2) is 0 Å². The van der Waals surface area contributed by atoms with Crippen LogP contribution in [0, 0.1) is 0 Å². The predicted octanol–water partition coefficient (Wildman–Crippen LogP) is 1.69. The highest BCUT2D eigenvalue weighted by Crippen LogP contribution is 1.97. The monoisotopic (exact) mass is 168 g/mol. The number of hydrogen-bond acceptors (Lipinski definition) is 2. The van der Waals surface area contributed by atoms with E-state index in [-0.39, 0.29) is 13.0 Å². The molecule has 0 saturated carbocycles. The lowest BCUT2D eigenvalue weighted by atomic mass is 10.5. The molecule has 4 heteroatoms. The number of halogens is 2. The average Bonchev–Trinajstić information content (AvgIpc) is 1.96. The fraction of sp³-hybridized carbons (Fsp3) is 1.00. The van der Waals surface area contributed by atoms with Gasteiger partial charge in [-0.2, -0.15) is 0 Å². The molecule has 0 aromatic carbocycles. The Morgan fingerprint density at radius 2 is 1.73 bits per heavy atom. The number of ether oxygens (including phenoxy) is 2. The van der Waals surface area contributed by atoms with E-state index in [2.05, 4.69) is 0 Å². The molecule has 0 N–H and O–H groups in total. The molecular formula is C7H14F2O2. The molecule has 0 fully saturated rings. The highest BCUT2D eigenvalue weighted by atomic mass is 19.3. The van der Waals surface area contributed by atoms with Gasteiger partial charge < -0.3 is 9.47 Å². The number of alkyl halides is 2. The van der Waals surface area contributed by atoms with Crippen LogP contribution < -0.4 is 0 Å². The number of hydrogen-bond donors (Lipinski definition) is 0. The minimum absolute atomic E-state index is 0.116. The third-order valence-electron chi connectivity index (χ3n) is 1.06. The molecular weight excluding hydrogens is 154 g/mol. The highest BCUT2D eigenvalue weighted by molar-refractivity contribution is 4.38. The molecule has 0 aliphatic carbocycles. The molecule has 0 radical (unpaired) electrons. The number of rotatable bonds is 7. The van der Waals surface area contributed by atoms with Gasteiger partial charge in [-0.3, -0.25) is 0 Å². The van der Waals surface area contributed by atoms with Crippen molar-refractivity contribution in [3.8, 4) is 0 Å². The largest absolute Gasteiger partial charge is 0.379 e. The van der Waals surface area contributed by atoms with E-state index in [0.717, 1.165) is 0 Å². The molecule has 0 heterocycles. The highest BCUT2D eigenvalue weighted by Gasteiger charge is 2.00. The molecule has 0 rings (SSSR count). The first-order valence-electron chi connectivity index (χ1n) is 3.71. The van der Waals surface area contributed by atoms with E-state index in [1.54, 1.807) is 0 Å². The Morgan fingerprint density at radius 1 is 1.09 bits per heavy atom. The van der Waals surface area contributed by atoms with Gasteiger partial charge in [-0.25, -0.2) is 8.78 Å². The molecule has 0 amide bonds. The van der Waals surface area contributed by atoms with Crippen molar-refractivity contribution >= 4 is 0 Å². The van der Waals surface area contributed by atoms with Crippen LogP contribution in [0.5, 0.6) is 0 Å². The average molecular weight is 168 g/mol. The van der Waals surface area contributed by atoms with E-state index >= 15 is 0 Å².